The molecule has 0 aliphatic heterocycles. The minimum Gasteiger partial charge on any atom is -0.120 e. The maximum absolute atomic E-state index is 5.83. The molecule has 0 aromatic heterocycles. The molecular formula is C9H6Cl2. The van der Waals surface area contributed by atoms with Crippen LogP contribution in [-0.4, -0.2) is 0 Å². The van der Waals surface area contributed by atoms with E-state index in [-0.39, 0.29) is 0 Å². The van der Waals surface area contributed by atoms with E-state index >= 15 is 0 Å². The van der Waals surface area contributed by atoms with Crippen molar-refractivity contribution >= 4 is 23.2 Å². The normalized spacial score (nSPS) is 9.18. The van der Waals surface area contributed by atoms with Crippen LogP contribution in [0.1, 0.15) is 5.56 Å². The molecule has 1 rings (SSSR count). The molecule has 1 aromatic rings. The first-order valence-corrected chi connectivity index (χ1v) is 3.87. The van der Waals surface area contributed by atoms with Crippen molar-refractivity contribution < 1.29 is 0 Å². The molecule has 0 radical (unpaired) electrons. The molecule has 0 nitrogen and oxygen atoms in total. The second-order valence-corrected chi connectivity index (χ2v) is 2.90. The first-order valence-electron chi connectivity index (χ1n) is 3.12. The van der Waals surface area contributed by atoms with E-state index in [1.165, 1.54) is 0 Å². The van der Waals surface area contributed by atoms with E-state index in [9.17, 15) is 0 Å². The van der Waals surface area contributed by atoms with Crippen molar-refractivity contribution in [1.29, 1.82) is 0 Å². The van der Waals surface area contributed by atoms with Gasteiger partial charge in [0.15, 0.2) is 0 Å². The molecular weight excluding hydrogens is 179 g/mol. The maximum atomic E-state index is 5.83. The molecule has 2 heteroatoms. The van der Waals surface area contributed by atoms with Crippen LogP contribution in [0.15, 0.2) is 18.2 Å². The smallest absolute Gasteiger partial charge is 0.0462 e. The Labute approximate surface area is 76.1 Å². The van der Waals surface area contributed by atoms with Gasteiger partial charge in [0.1, 0.15) is 0 Å². The molecule has 0 spiro atoms. The number of hydrogen-bond donors (Lipinski definition) is 0. The molecule has 56 valence electrons. The average molecular weight is 185 g/mol. The van der Waals surface area contributed by atoms with Crippen molar-refractivity contribution in [2.75, 3.05) is 0 Å². The lowest BCUT2D eigenvalue weighted by Crippen LogP contribution is -1.84. The molecule has 0 N–H and O–H groups in total. The number of rotatable bonds is 1. The van der Waals surface area contributed by atoms with Crippen molar-refractivity contribution in [1.82, 2.24) is 0 Å². The number of benzene rings is 1. The molecule has 0 fully saturated rings. The Hall–Kier alpha value is -0.640. The van der Waals surface area contributed by atoms with Gasteiger partial charge in [-0.15, -0.1) is 12.3 Å². The summed E-state index contributed by atoms with van der Waals surface area (Å²) in [7, 11) is 0. The summed E-state index contributed by atoms with van der Waals surface area (Å²) >= 11 is 11.7. The summed E-state index contributed by atoms with van der Waals surface area (Å²) in [5.41, 5.74) is 0.832. The Morgan fingerprint density at radius 1 is 1.27 bits per heavy atom. The molecule has 0 unspecified atom stereocenters. The van der Waals surface area contributed by atoms with Crippen molar-refractivity contribution in [3.63, 3.8) is 0 Å². The van der Waals surface area contributed by atoms with Crippen molar-refractivity contribution in [3.05, 3.63) is 33.8 Å². The topological polar surface area (TPSA) is 0 Å². The van der Waals surface area contributed by atoms with E-state index < -0.39 is 0 Å². The zero-order valence-corrected chi connectivity index (χ0v) is 7.28. The molecule has 0 aliphatic carbocycles. The SMILES string of the molecule is C#CCc1c(Cl)cccc1Cl. The minimum absolute atomic E-state index is 0.485. The van der Waals surface area contributed by atoms with Gasteiger partial charge in [-0.1, -0.05) is 29.3 Å². The van der Waals surface area contributed by atoms with Crippen LogP contribution in [0.25, 0.3) is 0 Å². The van der Waals surface area contributed by atoms with Gasteiger partial charge in [0.25, 0.3) is 0 Å². The van der Waals surface area contributed by atoms with Gasteiger partial charge in [0.05, 0.1) is 0 Å². The molecule has 0 heterocycles. The molecule has 0 bridgehead atoms. The summed E-state index contributed by atoms with van der Waals surface area (Å²) in [4.78, 5) is 0. The fraction of sp³-hybridized carbons (Fsp3) is 0.111. The highest BCUT2D eigenvalue weighted by Gasteiger charge is 2.01. The fourth-order valence-corrected chi connectivity index (χ4v) is 1.33. The second kappa shape index (κ2) is 3.67. The number of hydrogen-bond acceptors (Lipinski definition) is 0. The highest BCUT2D eigenvalue weighted by atomic mass is 35.5. The summed E-state index contributed by atoms with van der Waals surface area (Å²) in [5, 5.41) is 1.27. The first kappa shape index (κ1) is 8.46. The van der Waals surface area contributed by atoms with Crippen molar-refractivity contribution in [3.8, 4) is 12.3 Å². The van der Waals surface area contributed by atoms with Gasteiger partial charge in [0, 0.05) is 22.0 Å². The van der Waals surface area contributed by atoms with E-state index in [2.05, 4.69) is 5.92 Å². The molecule has 1 aromatic carbocycles. The quantitative estimate of drug-likeness (QED) is 0.589. The predicted molar refractivity (Wildman–Crippen MR) is 49.0 cm³/mol. The second-order valence-electron chi connectivity index (χ2n) is 2.08. The molecule has 0 aliphatic rings. The monoisotopic (exact) mass is 184 g/mol. The van der Waals surface area contributed by atoms with E-state index in [0.717, 1.165) is 5.56 Å². The molecule has 0 atom stereocenters. The highest BCUT2D eigenvalue weighted by molar-refractivity contribution is 6.36. The van der Waals surface area contributed by atoms with Crippen molar-refractivity contribution in [2.24, 2.45) is 0 Å². The summed E-state index contributed by atoms with van der Waals surface area (Å²) in [6, 6.07) is 5.35. The number of terminal acetylenes is 1. The molecule has 0 saturated heterocycles. The van der Waals surface area contributed by atoms with Crippen LogP contribution in [0.5, 0.6) is 0 Å². The van der Waals surface area contributed by atoms with Crippen LogP contribution in [0.3, 0.4) is 0 Å². The van der Waals surface area contributed by atoms with Crippen LogP contribution in [0.4, 0.5) is 0 Å². The highest BCUT2D eigenvalue weighted by Crippen LogP contribution is 2.23. The summed E-state index contributed by atoms with van der Waals surface area (Å²) in [6.45, 7) is 0. The maximum Gasteiger partial charge on any atom is 0.0462 e. The van der Waals surface area contributed by atoms with Gasteiger partial charge >= 0.3 is 0 Å². The van der Waals surface area contributed by atoms with Gasteiger partial charge < -0.3 is 0 Å². The lowest BCUT2D eigenvalue weighted by molar-refractivity contribution is 1.32. The zero-order valence-electron chi connectivity index (χ0n) is 5.77. The van der Waals surface area contributed by atoms with Crippen LogP contribution >= 0.6 is 23.2 Å². The van der Waals surface area contributed by atoms with Gasteiger partial charge in [-0.2, -0.15) is 0 Å². The lowest BCUT2D eigenvalue weighted by Gasteiger charge is -2.00. The fourth-order valence-electron chi connectivity index (χ4n) is 0.803. The Balaban J connectivity index is 3.12. The third-order valence-electron chi connectivity index (χ3n) is 1.34. The van der Waals surface area contributed by atoms with E-state index in [0.29, 0.717) is 16.5 Å². The average Bonchev–Trinajstić information content (AvgIpc) is 1.97. The third kappa shape index (κ3) is 1.89. The van der Waals surface area contributed by atoms with Crippen molar-refractivity contribution in [2.45, 2.75) is 6.42 Å². The standard InChI is InChI=1S/C9H6Cl2/c1-2-4-7-8(10)5-3-6-9(7)11/h1,3,5-6H,4H2. The van der Waals surface area contributed by atoms with E-state index in [1.54, 1.807) is 18.2 Å². The Kier molecular flexibility index (Phi) is 2.82. The Bertz CT molecular complexity index is 277. The third-order valence-corrected chi connectivity index (χ3v) is 2.05. The first-order chi connectivity index (χ1) is 5.25. The van der Waals surface area contributed by atoms with Gasteiger partial charge in [-0.05, 0) is 12.1 Å². The largest absolute Gasteiger partial charge is 0.120 e. The van der Waals surface area contributed by atoms with E-state index in [4.69, 9.17) is 29.6 Å². The number of halogens is 2. The summed E-state index contributed by atoms with van der Waals surface area (Å²) in [5.74, 6) is 2.50. The summed E-state index contributed by atoms with van der Waals surface area (Å²) < 4.78 is 0. The lowest BCUT2D eigenvalue weighted by atomic mass is 10.1. The molecule has 11 heavy (non-hydrogen) atoms. The zero-order chi connectivity index (χ0) is 8.27. The Morgan fingerprint density at radius 2 is 1.82 bits per heavy atom. The Morgan fingerprint density at radius 3 is 2.27 bits per heavy atom. The van der Waals surface area contributed by atoms with Gasteiger partial charge in [-0.25, -0.2) is 0 Å². The predicted octanol–water partition coefficient (Wildman–Crippen LogP) is 3.17. The van der Waals surface area contributed by atoms with Gasteiger partial charge in [-0.3, -0.25) is 0 Å². The minimum atomic E-state index is 0.485. The van der Waals surface area contributed by atoms with Crippen LogP contribution < -0.4 is 0 Å². The molecule has 0 amide bonds. The molecule has 0 saturated carbocycles. The van der Waals surface area contributed by atoms with E-state index in [1.807, 2.05) is 0 Å². The van der Waals surface area contributed by atoms with Gasteiger partial charge in [0.2, 0.25) is 0 Å². The van der Waals surface area contributed by atoms with Crippen LogP contribution in [0, 0.1) is 12.3 Å². The van der Waals surface area contributed by atoms with Crippen LogP contribution in [0.2, 0.25) is 10.0 Å². The van der Waals surface area contributed by atoms with Crippen LogP contribution in [-0.2, 0) is 6.42 Å². The summed E-state index contributed by atoms with van der Waals surface area (Å²) in [6.07, 6.45) is 5.62.